The fraction of sp³-hybridized carbons (Fsp3) is 0.686. The van der Waals surface area contributed by atoms with Gasteiger partial charge in [0.15, 0.2) is 6.10 Å². The zero-order valence-electron chi connectivity index (χ0n) is 52.0. The van der Waals surface area contributed by atoms with E-state index in [9.17, 15) is 19.0 Å². The van der Waals surface area contributed by atoms with Gasteiger partial charge in [-0.2, -0.15) is 0 Å². The maximum absolute atomic E-state index is 12.9. The molecule has 0 fully saturated rings. The second kappa shape index (κ2) is 60.0. The molecule has 458 valence electrons. The molecule has 0 aromatic heterocycles. The molecule has 0 spiro atoms. The van der Waals surface area contributed by atoms with Crippen LogP contribution >= 0.6 is 7.82 Å². The molecule has 0 aliphatic rings. The van der Waals surface area contributed by atoms with Gasteiger partial charge in [0.25, 0.3) is 0 Å². The number of phosphoric ester groups is 1. The predicted octanol–water partition coefficient (Wildman–Crippen LogP) is 20.7. The smallest absolute Gasteiger partial charge is 0.462 e. The first-order chi connectivity index (χ1) is 39.0. The number of nitrogens with zero attached hydrogens (tertiary/aromatic N) is 1. The van der Waals surface area contributed by atoms with Crippen LogP contribution in [0.1, 0.15) is 258 Å². The third kappa shape index (κ3) is 63.6. The summed E-state index contributed by atoms with van der Waals surface area (Å²) in [6, 6.07) is 0. The van der Waals surface area contributed by atoms with E-state index < -0.39 is 26.5 Å². The fourth-order valence-electron chi connectivity index (χ4n) is 8.60. The number of carbonyl (C=O) groups is 2. The van der Waals surface area contributed by atoms with Crippen LogP contribution in [0.4, 0.5) is 0 Å². The van der Waals surface area contributed by atoms with Crippen molar-refractivity contribution in [1.82, 2.24) is 0 Å². The number of ether oxygens (including phenoxy) is 2. The first kappa shape index (κ1) is 76.4. The predicted molar refractivity (Wildman–Crippen MR) is 344 cm³/mol. The Kier molecular flexibility index (Phi) is 57.3. The first-order valence-electron chi connectivity index (χ1n) is 32.3. The lowest BCUT2D eigenvalue weighted by atomic mass is 10.0. The third-order valence-electron chi connectivity index (χ3n) is 13.5. The Morgan fingerprint density at radius 1 is 0.388 bits per heavy atom. The van der Waals surface area contributed by atoms with Crippen molar-refractivity contribution < 1.29 is 42.1 Å². The summed E-state index contributed by atoms with van der Waals surface area (Å²) < 4.78 is 34.6. The highest BCUT2D eigenvalue weighted by atomic mass is 31.2. The molecule has 0 rings (SSSR count). The molecule has 2 unspecified atom stereocenters. The van der Waals surface area contributed by atoms with E-state index in [0.717, 1.165) is 116 Å². The summed E-state index contributed by atoms with van der Waals surface area (Å²) in [5.74, 6) is -0.807. The van der Waals surface area contributed by atoms with Crippen molar-refractivity contribution in [2.24, 2.45) is 0 Å². The van der Waals surface area contributed by atoms with Gasteiger partial charge in [-0.25, -0.2) is 4.57 Å². The Bertz CT molecular complexity index is 1760. The zero-order chi connectivity index (χ0) is 58.4. The fourth-order valence-corrected chi connectivity index (χ4v) is 9.34. The molecule has 2 atom stereocenters. The Morgan fingerprint density at radius 3 is 1.00 bits per heavy atom. The van der Waals surface area contributed by atoms with Crippen molar-refractivity contribution in [3.8, 4) is 0 Å². The van der Waals surface area contributed by atoms with Gasteiger partial charge in [-0.1, -0.05) is 264 Å². The van der Waals surface area contributed by atoms with Gasteiger partial charge in [-0.3, -0.25) is 18.6 Å². The topological polar surface area (TPSA) is 108 Å². The zero-order valence-corrected chi connectivity index (χ0v) is 52.9. The quantitative estimate of drug-likeness (QED) is 0.0211. The van der Waals surface area contributed by atoms with E-state index in [-0.39, 0.29) is 32.0 Å². The second-order valence-corrected chi connectivity index (χ2v) is 23.8. The number of allylic oxidation sites excluding steroid dienone is 20. The summed E-state index contributed by atoms with van der Waals surface area (Å²) in [6.45, 7) is 4.20. The third-order valence-corrected chi connectivity index (χ3v) is 14.5. The van der Waals surface area contributed by atoms with Crippen LogP contribution in [0.25, 0.3) is 0 Å². The Balaban J connectivity index is 4.08. The van der Waals surface area contributed by atoms with Gasteiger partial charge < -0.3 is 18.9 Å². The molecule has 9 nitrogen and oxygen atoms in total. The molecule has 0 aliphatic heterocycles. The number of rotatable bonds is 58. The largest absolute Gasteiger partial charge is 0.472 e. The van der Waals surface area contributed by atoms with Crippen molar-refractivity contribution in [3.05, 3.63) is 122 Å². The standard InChI is InChI=1S/C70H120NO8P/c1-6-8-10-12-14-16-18-20-22-24-26-28-29-30-31-32-33-34-35-36-37-38-39-40-41-43-45-47-49-51-53-55-57-59-61-63-70(73)79-68(67-78-80(74,75)77-65-64-71(3,4)5)66-76-69(72)62-60-58-56-54-52-50-48-46-44-42-27-25-23-21-19-17-15-13-11-9-7-2/h8-11,14-17,20-23,26-28,30-31,33-34,42,68H,6-7,12-13,18-19,24-25,29,32,35-41,43-67H2,1-5H3/p+1/b10-8-,11-9-,16-14-,17-15-,22-20-,23-21-,28-26-,31-30-,34-33-,42-27-. The van der Waals surface area contributed by atoms with E-state index in [0.29, 0.717) is 17.4 Å². The van der Waals surface area contributed by atoms with Crippen LogP contribution in [0.3, 0.4) is 0 Å². The number of phosphoric acid groups is 1. The minimum absolute atomic E-state index is 0.0257. The molecule has 0 saturated carbocycles. The maximum atomic E-state index is 12.9. The molecule has 1 N–H and O–H groups in total. The summed E-state index contributed by atoms with van der Waals surface area (Å²) >= 11 is 0. The molecule has 0 aromatic rings. The van der Waals surface area contributed by atoms with Crippen molar-refractivity contribution >= 4 is 19.8 Å². The number of hydrogen-bond acceptors (Lipinski definition) is 7. The lowest BCUT2D eigenvalue weighted by Crippen LogP contribution is -2.37. The summed E-state index contributed by atoms with van der Waals surface area (Å²) in [5.41, 5.74) is 0. The van der Waals surface area contributed by atoms with Gasteiger partial charge >= 0.3 is 19.8 Å². The molecule has 0 radical (unpaired) electrons. The molecule has 0 heterocycles. The summed E-state index contributed by atoms with van der Waals surface area (Å²) in [6.07, 6.45) is 85.7. The van der Waals surface area contributed by atoms with Crippen molar-refractivity contribution in [2.45, 2.75) is 264 Å². The molecule has 0 amide bonds. The van der Waals surface area contributed by atoms with Crippen LogP contribution in [-0.2, 0) is 32.7 Å². The van der Waals surface area contributed by atoms with Gasteiger partial charge in [0.1, 0.15) is 19.8 Å². The van der Waals surface area contributed by atoms with E-state index in [4.69, 9.17) is 18.5 Å². The van der Waals surface area contributed by atoms with Gasteiger partial charge in [-0.05, 0) is 103 Å². The minimum atomic E-state index is -4.40. The Morgan fingerprint density at radius 2 is 0.675 bits per heavy atom. The molecule has 0 bridgehead atoms. The summed E-state index contributed by atoms with van der Waals surface area (Å²) in [5, 5.41) is 0. The molecule has 10 heteroatoms. The summed E-state index contributed by atoms with van der Waals surface area (Å²) in [4.78, 5) is 35.8. The van der Waals surface area contributed by atoms with Crippen LogP contribution in [0.15, 0.2) is 122 Å². The molecule has 0 aromatic carbocycles. The molecular formula is C70H121NO8P+. The number of likely N-dealkylation sites (N-methyl/N-ethyl adjacent to an activating group) is 1. The SMILES string of the molecule is CC/C=C\C/C=C\C/C=C\C/C=C\C/C=C\C/C=C\CCCCCCCCCCCCCCCCCCC(=O)OC(COC(=O)CCCCCCCCCC/C=C\C/C=C\C/C=C\C/C=C\CC)COP(=O)(O)OCC[N+](C)(C)C. The Hall–Kier alpha value is -3.59. The lowest BCUT2D eigenvalue weighted by molar-refractivity contribution is -0.870. The number of esters is 2. The van der Waals surface area contributed by atoms with Gasteiger partial charge in [-0.15, -0.1) is 0 Å². The van der Waals surface area contributed by atoms with E-state index in [1.54, 1.807) is 0 Å². The van der Waals surface area contributed by atoms with E-state index in [2.05, 4.69) is 135 Å². The van der Waals surface area contributed by atoms with Crippen LogP contribution in [-0.4, -0.2) is 74.9 Å². The number of unbranched alkanes of at least 4 members (excludes halogenated alkanes) is 24. The normalized spacial score (nSPS) is 14.0. The monoisotopic (exact) mass is 1130 g/mol. The van der Waals surface area contributed by atoms with Crippen LogP contribution in [0, 0.1) is 0 Å². The van der Waals surface area contributed by atoms with Crippen LogP contribution < -0.4 is 0 Å². The maximum Gasteiger partial charge on any atom is 0.472 e. The average molecular weight is 1140 g/mol. The molecular weight excluding hydrogens is 1010 g/mol. The molecule has 80 heavy (non-hydrogen) atoms. The summed E-state index contributed by atoms with van der Waals surface area (Å²) in [7, 11) is 1.46. The van der Waals surface area contributed by atoms with E-state index in [1.165, 1.54) is 109 Å². The number of hydrogen-bond donors (Lipinski definition) is 1. The number of quaternary nitrogens is 1. The molecule has 0 aliphatic carbocycles. The van der Waals surface area contributed by atoms with Crippen LogP contribution in [0.2, 0.25) is 0 Å². The van der Waals surface area contributed by atoms with E-state index >= 15 is 0 Å². The molecule has 0 saturated heterocycles. The first-order valence-corrected chi connectivity index (χ1v) is 33.8. The van der Waals surface area contributed by atoms with Crippen molar-refractivity contribution in [2.75, 3.05) is 47.5 Å². The van der Waals surface area contributed by atoms with Crippen molar-refractivity contribution in [3.63, 3.8) is 0 Å². The average Bonchev–Trinajstić information content (AvgIpc) is 3.42. The van der Waals surface area contributed by atoms with Crippen LogP contribution in [0.5, 0.6) is 0 Å². The lowest BCUT2D eigenvalue weighted by Gasteiger charge is -2.24. The highest BCUT2D eigenvalue weighted by molar-refractivity contribution is 7.47. The van der Waals surface area contributed by atoms with Gasteiger partial charge in [0, 0.05) is 12.8 Å². The Labute approximate surface area is 492 Å². The van der Waals surface area contributed by atoms with Gasteiger partial charge in [0.2, 0.25) is 0 Å². The second-order valence-electron chi connectivity index (χ2n) is 22.4. The minimum Gasteiger partial charge on any atom is -0.462 e. The van der Waals surface area contributed by atoms with Crippen molar-refractivity contribution in [1.29, 1.82) is 0 Å². The number of carbonyl (C=O) groups excluding carboxylic acids is 2. The highest BCUT2D eigenvalue weighted by Gasteiger charge is 2.27. The van der Waals surface area contributed by atoms with Gasteiger partial charge in [0.05, 0.1) is 27.7 Å². The van der Waals surface area contributed by atoms with E-state index in [1.807, 2.05) is 21.1 Å². The highest BCUT2D eigenvalue weighted by Crippen LogP contribution is 2.43.